The van der Waals surface area contributed by atoms with E-state index in [2.05, 4.69) is 5.32 Å². The Morgan fingerprint density at radius 2 is 2.29 bits per heavy atom. The van der Waals surface area contributed by atoms with E-state index in [1.54, 1.807) is 18.7 Å². The number of amides is 1. The van der Waals surface area contributed by atoms with Gasteiger partial charge in [-0.05, 0) is 37.0 Å². The molecule has 17 heavy (non-hydrogen) atoms. The van der Waals surface area contributed by atoms with Crippen molar-refractivity contribution >= 4 is 29.0 Å². The first-order chi connectivity index (χ1) is 8.04. The molecule has 2 unspecified atom stereocenters. The molecule has 5 heteroatoms. The first-order valence-electron chi connectivity index (χ1n) is 5.62. The topological polar surface area (TPSA) is 49.3 Å². The molecule has 0 aliphatic rings. The third kappa shape index (κ3) is 4.69. The van der Waals surface area contributed by atoms with Crippen molar-refractivity contribution in [2.75, 3.05) is 12.8 Å². The number of carbonyl (C=O) groups excluding carboxylic acids is 1. The normalized spacial score (nSPS) is 14.4. The van der Waals surface area contributed by atoms with Gasteiger partial charge in [0.15, 0.2) is 0 Å². The van der Waals surface area contributed by atoms with E-state index in [0.29, 0.717) is 13.0 Å². The second kappa shape index (κ2) is 7.03. The number of hydrogen-bond donors (Lipinski definition) is 2. The van der Waals surface area contributed by atoms with Crippen molar-refractivity contribution in [2.24, 2.45) is 5.92 Å². The summed E-state index contributed by atoms with van der Waals surface area (Å²) in [5.74, 6) is 0.276. The van der Waals surface area contributed by atoms with E-state index >= 15 is 0 Å². The van der Waals surface area contributed by atoms with Crippen LogP contribution in [0.3, 0.4) is 0 Å². The van der Waals surface area contributed by atoms with Gasteiger partial charge in [0.25, 0.3) is 5.91 Å². The fourth-order valence-corrected chi connectivity index (χ4v) is 3.30. The Hall–Kier alpha value is -0.520. The van der Waals surface area contributed by atoms with Gasteiger partial charge >= 0.3 is 0 Å². The van der Waals surface area contributed by atoms with Crippen molar-refractivity contribution in [3.05, 3.63) is 16.3 Å². The van der Waals surface area contributed by atoms with Gasteiger partial charge in [0.05, 0.1) is 6.10 Å². The molecule has 3 nitrogen and oxygen atoms in total. The minimum Gasteiger partial charge on any atom is -0.393 e. The number of hydrogen-bond acceptors (Lipinski definition) is 4. The van der Waals surface area contributed by atoms with Crippen LogP contribution in [0.25, 0.3) is 0 Å². The van der Waals surface area contributed by atoms with Crippen molar-refractivity contribution in [1.29, 1.82) is 0 Å². The molecule has 1 amide bonds. The van der Waals surface area contributed by atoms with Crippen LogP contribution in [-0.4, -0.2) is 29.9 Å². The Labute approximate surface area is 111 Å². The predicted octanol–water partition coefficient (Wildman–Crippen LogP) is 2.61. The van der Waals surface area contributed by atoms with Gasteiger partial charge in [0, 0.05) is 11.4 Å². The van der Waals surface area contributed by atoms with Gasteiger partial charge in [-0.3, -0.25) is 4.79 Å². The molecule has 1 aromatic rings. The maximum atomic E-state index is 11.9. The number of rotatable bonds is 6. The van der Waals surface area contributed by atoms with Gasteiger partial charge in [-0.2, -0.15) is 0 Å². The quantitative estimate of drug-likeness (QED) is 0.783. The summed E-state index contributed by atoms with van der Waals surface area (Å²) in [5.41, 5.74) is 0. The van der Waals surface area contributed by atoms with Crippen LogP contribution in [0.5, 0.6) is 0 Å². The second-order valence-electron chi connectivity index (χ2n) is 4.22. The minimum absolute atomic E-state index is 0.0122. The Kier molecular flexibility index (Phi) is 6.02. The molecule has 0 saturated carbocycles. The molecular formula is C12H19NO2S2. The van der Waals surface area contributed by atoms with E-state index in [0.717, 1.165) is 9.77 Å². The van der Waals surface area contributed by atoms with E-state index in [1.165, 1.54) is 11.3 Å². The fourth-order valence-electron chi connectivity index (χ4n) is 1.64. The van der Waals surface area contributed by atoms with E-state index in [1.807, 2.05) is 24.6 Å². The lowest BCUT2D eigenvalue weighted by Gasteiger charge is -2.14. The summed E-state index contributed by atoms with van der Waals surface area (Å²) in [4.78, 5) is 13.7. The van der Waals surface area contributed by atoms with Crippen LogP contribution in [0.4, 0.5) is 0 Å². The molecule has 0 fully saturated rings. The predicted molar refractivity (Wildman–Crippen MR) is 73.9 cm³/mol. The monoisotopic (exact) mass is 273 g/mol. The number of aliphatic hydroxyl groups excluding tert-OH is 1. The lowest BCUT2D eigenvalue weighted by molar-refractivity contribution is 0.0941. The molecular weight excluding hydrogens is 254 g/mol. The molecule has 1 rings (SSSR count). The van der Waals surface area contributed by atoms with Crippen LogP contribution >= 0.6 is 23.1 Å². The zero-order valence-electron chi connectivity index (χ0n) is 10.4. The van der Waals surface area contributed by atoms with E-state index in [9.17, 15) is 9.90 Å². The van der Waals surface area contributed by atoms with Gasteiger partial charge in [-0.15, -0.1) is 23.1 Å². The molecule has 0 bridgehead atoms. The molecule has 0 radical (unpaired) electrons. The third-order valence-electron chi connectivity index (χ3n) is 2.41. The molecule has 0 aliphatic heterocycles. The number of nitrogens with one attached hydrogen (secondary N) is 1. The van der Waals surface area contributed by atoms with Crippen LogP contribution in [0.1, 0.15) is 29.9 Å². The molecule has 96 valence electrons. The highest BCUT2D eigenvalue weighted by molar-refractivity contribution is 7.98. The Morgan fingerprint density at radius 3 is 2.88 bits per heavy atom. The third-order valence-corrected chi connectivity index (χ3v) is 4.23. The number of carbonyl (C=O) groups is 1. The van der Waals surface area contributed by atoms with Gasteiger partial charge in [-0.25, -0.2) is 0 Å². The lowest BCUT2D eigenvalue weighted by atomic mass is 10.0. The van der Waals surface area contributed by atoms with Gasteiger partial charge in [-0.1, -0.05) is 6.92 Å². The molecule has 2 atom stereocenters. The van der Waals surface area contributed by atoms with Crippen LogP contribution in [0.2, 0.25) is 0 Å². The summed E-state index contributed by atoms with van der Waals surface area (Å²) >= 11 is 3.05. The zero-order valence-corrected chi connectivity index (χ0v) is 12.0. The molecule has 1 aromatic heterocycles. The first-order valence-corrected chi connectivity index (χ1v) is 7.72. The van der Waals surface area contributed by atoms with Crippen molar-refractivity contribution in [1.82, 2.24) is 5.32 Å². The summed E-state index contributed by atoms with van der Waals surface area (Å²) in [5, 5.41) is 14.1. The fraction of sp³-hybridized carbons (Fsp3) is 0.583. The average Bonchev–Trinajstić information content (AvgIpc) is 2.72. The van der Waals surface area contributed by atoms with E-state index in [-0.39, 0.29) is 17.9 Å². The van der Waals surface area contributed by atoms with Gasteiger partial charge < -0.3 is 10.4 Å². The molecule has 1 heterocycles. The summed E-state index contributed by atoms with van der Waals surface area (Å²) in [6.45, 7) is 4.40. The lowest BCUT2D eigenvalue weighted by Crippen LogP contribution is -2.29. The van der Waals surface area contributed by atoms with Gasteiger partial charge in [0.2, 0.25) is 0 Å². The van der Waals surface area contributed by atoms with Crippen LogP contribution in [0, 0.1) is 5.92 Å². The largest absolute Gasteiger partial charge is 0.393 e. The highest BCUT2D eigenvalue weighted by Crippen LogP contribution is 2.25. The SMILES string of the molecule is CSc1ccsc1C(=O)NCC(C)CC(C)O. The van der Waals surface area contributed by atoms with Crippen molar-refractivity contribution in [2.45, 2.75) is 31.3 Å². The summed E-state index contributed by atoms with van der Waals surface area (Å²) in [7, 11) is 0. The first kappa shape index (κ1) is 14.5. The maximum Gasteiger partial charge on any atom is 0.262 e. The zero-order chi connectivity index (χ0) is 12.8. The van der Waals surface area contributed by atoms with Crippen LogP contribution in [-0.2, 0) is 0 Å². The van der Waals surface area contributed by atoms with Crippen molar-refractivity contribution in [3.63, 3.8) is 0 Å². The molecule has 0 aliphatic carbocycles. The summed E-state index contributed by atoms with van der Waals surface area (Å²) in [6.07, 6.45) is 2.36. The summed E-state index contributed by atoms with van der Waals surface area (Å²) < 4.78 is 0. The summed E-state index contributed by atoms with van der Waals surface area (Å²) in [6, 6.07) is 1.96. The van der Waals surface area contributed by atoms with Crippen LogP contribution < -0.4 is 5.32 Å². The maximum absolute atomic E-state index is 11.9. The number of thioether (sulfide) groups is 1. The molecule has 0 aromatic carbocycles. The Balaban J connectivity index is 2.45. The number of thiophene rings is 1. The van der Waals surface area contributed by atoms with Crippen molar-refractivity contribution < 1.29 is 9.90 Å². The highest BCUT2D eigenvalue weighted by Gasteiger charge is 2.14. The average molecular weight is 273 g/mol. The van der Waals surface area contributed by atoms with E-state index in [4.69, 9.17) is 0 Å². The number of aliphatic hydroxyl groups is 1. The Morgan fingerprint density at radius 1 is 1.59 bits per heavy atom. The smallest absolute Gasteiger partial charge is 0.262 e. The Bertz CT molecular complexity index is 363. The van der Waals surface area contributed by atoms with Crippen molar-refractivity contribution in [3.8, 4) is 0 Å². The highest BCUT2D eigenvalue weighted by atomic mass is 32.2. The molecule has 0 saturated heterocycles. The molecule has 2 N–H and O–H groups in total. The molecule has 0 spiro atoms. The van der Waals surface area contributed by atoms with Gasteiger partial charge in [0.1, 0.15) is 4.88 Å². The van der Waals surface area contributed by atoms with Crippen LogP contribution in [0.15, 0.2) is 16.3 Å². The van der Waals surface area contributed by atoms with E-state index < -0.39 is 0 Å². The minimum atomic E-state index is -0.314. The second-order valence-corrected chi connectivity index (χ2v) is 5.98. The standard InChI is InChI=1S/C12H19NO2S2/c1-8(6-9(2)14)7-13-12(15)11-10(16-3)4-5-17-11/h4-5,8-9,14H,6-7H2,1-3H3,(H,13,15).